The molecule has 0 unspecified atom stereocenters. The molecule has 158 valence electrons. The Morgan fingerprint density at radius 1 is 1.10 bits per heavy atom. The van der Waals surface area contributed by atoms with Crippen LogP contribution in [-0.2, 0) is 21.8 Å². The van der Waals surface area contributed by atoms with Gasteiger partial charge in [0.05, 0.1) is 18.6 Å². The highest BCUT2D eigenvalue weighted by atomic mass is 32.2. The number of methoxy groups -OCH3 is 1. The number of ketones is 1. The van der Waals surface area contributed by atoms with Gasteiger partial charge in [-0.1, -0.05) is 17.7 Å². The summed E-state index contributed by atoms with van der Waals surface area (Å²) in [5, 5.41) is 0. The van der Waals surface area contributed by atoms with Crippen LogP contribution in [0, 0.1) is 20.8 Å². The zero-order valence-electron chi connectivity index (χ0n) is 17.9. The summed E-state index contributed by atoms with van der Waals surface area (Å²) in [4.78, 5) is 25.4. The fourth-order valence-corrected chi connectivity index (χ4v) is 4.98. The van der Waals surface area contributed by atoms with Crippen LogP contribution in [0.4, 0.5) is 0 Å². The van der Waals surface area contributed by atoms with E-state index < -0.39 is 22.0 Å². The zero-order chi connectivity index (χ0) is 22.1. The minimum Gasteiger partial charge on any atom is -0.464 e. The van der Waals surface area contributed by atoms with Crippen molar-refractivity contribution in [3.8, 4) is 0 Å². The van der Waals surface area contributed by atoms with Gasteiger partial charge in [-0.05, 0) is 52.3 Å². The molecule has 1 aromatic heterocycles. The summed E-state index contributed by atoms with van der Waals surface area (Å²) in [5.74, 6) is -0.907. The van der Waals surface area contributed by atoms with Gasteiger partial charge in [0.15, 0.2) is 5.78 Å². The molecule has 2 rings (SSSR count). The maximum atomic E-state index is 13.1. The molecule has 29 heavy (non-hydrogen) atoms. The van der Waals surface area contributed by atoms with Gasteiger partial charge in [0.1, 0.15) is 5.69 Å². The van der Waals surface area contributed by atoms with Gasteiger partial charge < -0.3 is 9.30 Å². The third-order valence-electron chi connectivity index (χ3n) is 5.09. The summed E-state index contributed by atoms with van der Waals surface area (Å²) < 4.78 is 33.9. The zero-order valence-corrected chi connectivity index (χ0v) is 18.8. The van der Waals surface area contributed by atoms with Gasteiger partial charge in [-0.15, -0.1) is 0 Å². The number of benzene rings is 1. The van der Waals surface area contributed by atoms with E-state index in [2.05, 4.69) is 0 Å². The minimum absolute atomic E-state index is 0.140. The lowest BCUT2D eigenvalue weighted by atomic mass is 10.1. The average molecular weight is 421 g/mol. The lowest BCUT2D eigenvalue weighted by Gasteiger charge is -2.25. The number of aryl methyl sites for hydroxylation is 1. The Balaban J connectivity index is 2.46. The molecule has 2 aromatic rings. The Kier molecular flexibility index (Phi) is 6.70. The number of nitrogens with zero attached hydrogens (tertiary/aromatic N) is 2. The van der Waals surface area contributed by atoms with Crippen LogP contribution in [-0.4, -0.2) is 48.7 Å². The maximum absolute atomic E-state index is 13.1. The minimum atomic E-state index is -3.86. The predicted molar refractivity (Wildman–Crippen MR) is 111 cm³/mol. The summed E-state index contributed by atoms with van der Waals surface area (Å²) in [6, 6.07) is 6.11. The smallest absolute Gasteiger partial charge is 0.354 e. The molecule has 0 bridgehead atoms. The normalized spacial score (nSPS) is 11.9. The number of Topliss-reactive ketones (excluding diaryl/α,β-unsaturated/α-hetero) is 1. The van der Waals surface area contributed by atoms with Crippen LogP contribution in [0.1, 0.15) is 51.5 Å². The van der Waals surface area contributed by atoms with Gasteiger partial charge in [-0.3, -0.25) is 4.79 Å². The number of carbonyl (C=O) groups excluding carboxylic acids is 2. The monoisotopic (exact) mass is 420 g/mol. The van der Waals surface area contributed by atoms with E-state index in [0.717, 1.165) is 5.56 Å². The third kappa shape index (κ3) is 4.28. The van der Waals surface area contributed by atoms with Crippen LogP contribution in [0.5, 0.6) is 0 Å². The van der Waals surface area contributed by atoms with Crippen LogP contribution in [0.2, 0.25) is 0 Å². The van der Waals surface area contributed by atoms with E-state index in [9.17, 15) is 18.0 Å². The first-order valence-electron chi connectivity index (χ1n) is 9.29. The number of sulfonamides is 1. The molecule has 7 nitrogen and oxygen atoms in total. The van der Waals surface area contributed by atoms with Gasteiger partial charge in [-0.25, -0.2) is 13.2 Å². The predicted octanol–water partition coefficient (Wildman–Crippen LogP) is 3.02. The van der Waals surface area contributed by atoms with Crippen LogP contribution in [0.15, 0.2) is 29.2 Å². The Morgan fingerprint density at radius 2 is 1.66 bits per heavy atom. The topological polar surface area (TPSA) is 85.7 Å². The van der Waals surface area contributed by atoms with Crippen LogP contribution < -0.4 is 0 Å². The summed E-state index contributed by atoms with van der Waals surface area (Å²) in [6.07, 6.45) is 0. The molecule has 1 aromatic carbocycles. The molecule has 0 aliphatic heterocycles. The lowest BCUT2D eigenvalue weighted by Crippen LogP contribution is -2.40. The molecule has 0 atom stereocenters. The van der Waals surface area contributed by atoms with Gasteiger partial charge in [0.25, 0.3) is 0 Å². The quantitative estimate of drug-likeness (QED) is 0.508. The SMILES string of the molecule is COC(=O)c1c(C)c(C(=O)CN(C(C)C)S(=O)(=O)c2ccc(C)cc2)c(C)n1C. The van der Waals surface area contributed by atoms with Crippen molar-refractivity contribution < 1.29 is 22.7 Å². The van der Waals surface area contributed by atoms with Crippen molar-refractivity contribution in [2.75, 3.05) is 13.7 Å². The molecule has 0 radical (unpaired) electrons. The number of esters is 1. The van der Waals surface area contributed by atoms with Crippen molar-refractivity contribution in [2.24, 2.45) is 7.05 Å². The van der Waals surface area contributed by atoms with E-state index in [1.807, 2.05) is 6.92 Å². The van der Waals surface area contributed by atoms with E-state index in [4.69, 9.17) is 4.74 Å². The fraction of sp³-hybridized carbons (Fsp3) is 0.429. The first kappa shape index (κ1) is 22.8. The summed E-state index contributed by atoms with van der Waals surface area (Å²) in [7, 11) is -0.903. The van der Waals surface area contributed by atoms with Gasteiger partial charge >= 0.3 is 5.97 Å². The van der Waals surface area contributed by atoms with Crippen LogP contribution in [0.3, 0.4) is 0 Å². The van der Waals surface area contributed by atoms with E-state index in [1.54, 1.807) is 63.6 Å². The third-order valence-corrected chi connectivity index (χ3v) is 7.13. The molecule has 1 heterocycles. The summed E-state index contributed by atoms with van der Waals surface area (Å²) in [5.41, 5.74) is 2.65. The number of hydrogen-bond acceptors (Lipinski definition) is 5. The molecule has 0 amide bonds. The van der Waals surface area contributed by atoms with E-state index >= 15 is 0 Å². The van der Waals surface area contributed by atoms with Gasteiger partial charge in [-0.2, -0.15) is 4.31 Å². The highest BCUT2D eigenvalue weighted by molar-refractivity contribution is 7.89. The second-order valence-electron chi connectivity index (χ2n) is 7.36. The molecule has 0 saturated heterocycles. The number of rotatable bonds is 7. The molecular weight excluding hydrogens is 392 g/mol. The van der Waals surface area contributed by atoms with Crippen molar-refractivity contribution in [3.05, 3.63) is 52.3 Å². The Morgan fingerprint density at radius 3 is 2.14 bits per heavy atom. The lowest BCUT2D eigenvalue weighted by molar-refractivity contribution is 0.0588. The Hall–Kier alpha value is -2.45. The highest BCUT2D eigenvalue weighted by Crippen LogP contribution is 2.25. The first-order chi connectivity index (χ1) is 13.4. The molecule has 0 N–H and O–H groups in total. The van der Waals surface area contributed by atoms with Crippen molar-refractivity contribution in [2.45, 2.75) is 45.6 Å². The van der Waals surface area contributed by atoms with Crippen molar-refractivity contribution in [1.82, 2.24) is 8.87 Å². The number of aromatic nitrogens is 1. The second-order valence-corrected chi connectivity index (χ2v) is 9.26. The molecule has 0 aliphatic rings. The number of carbonyl (C=O) groups is 2. The van der Waals surface area contributed by atoms with Crippen LogP contribution in [0.25, 0.3) is 0 Å². The largest absolute Gasteiger partial charge is 0.464 e. The molecule has 0 spiro atoms. The Bertz CT molecular complexity index is 1030. The number of ether oxygens (including phenoxy) is 1. The van der Waals surface area contributed by atoms with Crippen molar-refractivity contribution >= 4 is 21.8 Å². The molecule has 8 heteroatoms. The molecule has 0 saturated carbocycles. The average Bonchev–Trinajstić information content (AvgIpc) is 2.87. The van der Waals surface area contributed by atoms with E-state index in [0.29, 0.717) is 16.8 Å². The first-order valence-corrected chi connectivity index (χ1v) is 10.7. The van der Waals surface area contributed by atoms with Crippen molar-refractivity contribution in [1.29, 1.82) is 0 Å². The van der Waals surface area contributed by atoms with Crippen molar-refractivity contribution in [3.63, 3.8) is 0 Å². The highest BCUT2D eigenvalue weighted by Gasteiger charge is 2.32. The van der Waals surface area contributed by atoms with Gasteiger partial charge in [0, 0.05) is 24.3 Å². The molecular formula is C21H28N2O5S. The Labute approximate surface area is 172 Å². The summed E-state index contributed by atoms with van der Waals surface area (Å²) >= 11 is 0. The number of hydrogen-bond donors (Lipinski definition) is 0. The van der Waals surface area contributed by atoms with Gasteiger partial charge in [0.2, 0.25) is 10.0 Å². The fourth-order valence-electron chi connectivity index (χ4n) is 3.39. The summed E-state index contributed by atoms with van der Waals surface area (Å²) in [6.45, 7) is 8.40. The maximum Gasteiger partial charge on any atom is 0.354 e. The molecule has 0 aliphatic carbocycles. The standard InChI is InChI=1S/C21H28N2O5S/c1-13(2)23(29(26,27)17-10-8-14(3)9-11-17)12-18(24)19-15(4)20(21(25)28-7)22(6)16(19)5/h8-11,13H,12H2,1-7H3. The van der Waals surface area contributed by atoms with E-state index in [-0.39, 0.29) is 22.9 Å². The second kappa shape index (κ2) is 8.51. The van der Waals surface area contributed by atoms with Crippen LogP contribution >= 0.6 is 0 Å². The van der Waals surface area contributed by atoms with E-state index in [1.165, 1.54) is 11.4 Å². The molecule has 0 fully saturated rings.